The summed E-state index contributed by atoms with van der Waals surface area (Å²) in [6, 6.07) is 0. The third-order valence-electron chi connectivity index (χ3n) is 3.50. The van der Waals surface area contributed by atoms with Crippen LogP contribution in [0.2, 0.25) is 0 Å². The molecule has 0 saturated carbocycles. The van der Waals surface area contributed by atoms with E-state index in [1.54, 1.807) is 0 Å². The van der Waals surface area contributed by atoms with Crippen molar-refractivity contribution in [2.75, 3.05) is 6.61 Å². The maximum Gasteiger partial charge on any atom is 0.165 e. The molecule has 0 spiro atoms. The molecule has 94 valence electrons. The van der Waals surface area contributed by atoms with E-state index < -0.39 is 0 Å². The number of ether oxygens (including phenoxy) is 3. The highest BCUT2D eigenvalue weighted by Crippen LogP contribution is 2.35. The Morgan fingerprint density at radius 3 is 2.62 bits per heavy atom. The van der Waals surface area contributed by atoms with Crippen LogP contribution in [0.5, 0.6) is 0 Å². The van der Waals surface area contributed by atoms with Crippen LogP contribution in [0.4, 0.5) is 0 Å². The zero-order chi connectivity index (χ0) is 11.4. The molecule has 0 radical (unpaired) electrons. The summed E-state index contributed by atoms with van der Waals surface area (Å²) in [7, 11) is 0. The number of hydrogen-bond acceptors (Lipinski definition) is 3. The SMILES string of the molecule is CCC[C@H]1O[C@H]2OCCC[C@@H]2[C@H](CCC)O1. The van der Waals surface area contributed by atoms with Crippen LogP contribution in [0.25, 0.3) is 0 Å². The number of hydrogen-bond donors (Lipinski definition) is 0. The van der Waals surface area contributed by atoms with E-state index in [-0.39, 0.29) is 12.6 Å². The van der Waals surface area contributed by atoms with Gasteiger partial charge >= 0.3 is 0 Å². The van der Waals surface area contributed by atoms with Crippen molar-refractivity contribution in [1.82, 2.24) is 0 Å². The third-order valence-corrected chi connectivity index (χ3v) is 3.50. The second-order valence-electron chi connectivity index (χ2n) is 4.86. The fourth-order valence-electron chi connectivity index (χ4n) is 2.70. The molecule has 0 bridgehead atoms. The summed E-state index contributed by atoms with van der Waals surface area (Å²) in [4.78, 5) is 0. The molecular weight excluding hydrogens is 204 g/mol. The molecule has 2 saturated heterocycles. The van der Waals surface area contributed by atoms with Gasteiger partial charge in [-0.1, -0.05) is 26.7 Å². The normalized spacial score (nSPS) is 39.4. The fourth-order valence-corrected chi connectivity index (χ4v) is 2.70. The molecule has 2 aliphatic rings. The van der Waals surface area contributed by atoms with E-state index in [1.165, 1.54) is 12.8 Å². The fraction of sp³-hybridized carbons (Fsp3) is 1.00. The van der Waals surface area contributed by atoms with Gasteiger partial charge in [0.05, 0.1) is 6.10 Å². The molecule has 0 amide bonds. The first-order chi connectivity index (χ1) is 7.85. The van der Waals surface area contributed by atoms with Gasteiger partial charge in [-0.3, -0.25) is 0 Å². The van der Waals surface area contributed by atoms with Gasteiger partial charge in [-0.05, 0) is 25.7 Å². The number of rotatable bonds is 4. The quantitative estimate of drug-likeness (QED) is 0.740. The molecule has 3 nitrogen and oxygen atoms in total. The van der Waals surface area contributed by atoms with E-state index in [0.29, 0.717) is 12.0 Å². The lowest BCUT2D eigenvalue weighted by atomic mass is 9.90. The Bertz CT molecular complexity index is 207. The minimum Gasteiger partial charge on any atom is -0.352 e. The summed E-state index contributed by atoms with van der Waals surface area (Å²) in [5, 5.41) is 0. The van der Waals surface area contributed by atoms with Crippen molar-refractivity contribution in [2.45, 2.75) is 71.1 Å². The van der Waals surface area contributed by atoms with Gasteiger partial charge in [-0.2, -0.15) is 0 Å². The Morgan fingerprint density at radius 1 is 1.06 bits per heavy atom. The topological polar surface area (TPSA) is 27.7 Å². The summed E-state index contributed by atoms with van der Waals surface area (Å²) in [5.74, 6) is 0.460. The molecular formula is C13H24O3. The maximum atomic E-state index is 6.03. The molecule has 0 aromatic rings. The first-order valence-corrected chi connectivity index (χ1v) is 6.77. The van der Waals surface area contributed by atoms with Crippen molar-refractivity contribution >= 4 is 0 Å². The van der Waals surface area contributed by atoms with Crippen LogP contribution in [0, 0.1) is 5.92 Å². The second kappa shape index (κ2) is 5.99. The average Bonchev–Trinajstić information content (AvgIpc) is 2.30. The highest BCUT2D eigenvalue weighted by atomic mass is 16.8. The highest BCUT2D eigenvalue weighted by Gasteiger charge is 2.40. The summed E-state index contributed by atoms with van der Waals surface area (Å²) in [6.07, 6.45) is 7.02. The Hall–Kier alpha value is -0.120. The molecule has 2 rings (SSSR count). The predicted molar refractivity (Wildman–Crippen MR) is 62.0 cm³/mol. The molecule has 2 aliphatic heterocycles. The van der Waals surface area contributed by atoms with Gasteiger partial charge in [0, 0.05) is 12.5 Å². The Labute approximate surface area is 98.4 Å². The van der Waals surface area contributed by atoms with E-state index in [4.69, 9.17) is 14.2 Å². The van der Waals surface area contributed by atoms with E-state index >= 15 is 0 Å². The van der Waals surface area contributed by atoms with Crippen molar-refractivity contribution in [3.8, 4) is 0 Å². The zero-order valence-corrected chi connectivity index (χ0v) is 10.5. The molecule has 2 heterocycles. The average molecular weight is 228 g/mol. The molecule has 3 heteroatoms. The summed E-state index contributed by atoms with van der Waals surface area (Å²) < 4.78 is 17.6. The van der Waals surface area contributed by atoms with Crippen LogP contribution in [0.15, 0.2) is 0 Å². The van der Waals surface area contributed by atoms with Crippen LogP contribution in [0.3, 0.4) is 0 Å². The lowest BCUT2D eigenvalue weighted by Crippen LogP contribution is -2.49. The van der Waals surface area contributed by atoms with Crippen LogP contribution < -0.4 is 0 Å². The predicted octanol–water partition coefficient (Wildman–Crippen LogP) is 3.08. The van der Waals surface area contributed by atoms with Crippen molar-refractivity contribution in [1.29, 1.82) is 0 Å². The van der Waals surface area contributed by atoms with E-state index in [1.807, 2.05) is 0 Å². The lowest BCUT2D eigenvalue weighted by molar-refractivity contribution is -0.345. The van der Waals surface area contributed by atoms with Gasteiger partial charge in [0.25, 0.3) is 0 Å². The molecule has 0 aliphatic carbocycles. The van der Waals surface area contributed by atoms with E-state index in [2.05, 4.69) is 13.8 Å². The molecule has 0 N–H and O–H groups in total. The van der Waals surface area contributed by atoms with Gasteiger partial charge in [-0.25, -0.2) is 0 Å². The minimum atomic E-state index is -0.0408. The van der Waals surface area contributed by atoms with Crippen molar-refractivity contribution in [3.05, 3.63) is 0 Å². The van der Waals surface area contributed by atoms with Gasteiger partial charge in [-0.15, -0.1) is 0 Å². The van der Waals surface area contributed by atoms with Gasteiger partial charge in [0.1, 0.15) is 0 Å². The maximum absolute atomic E-state index is 6.03. The molecule has 16 heavy (non-hydrogen) atoms. The highest BCUT2D eigenvalue weighted by molar-refractivity contribution is 4.80. The van der Waals surface area contributed by atoms with Crippen molar-refractivity contribution in [2.24, 2.45) is 5.92 Å². The van der Waals surface area contributed by atoms with Crippen LogP contribution >= 0.6 is 0 Å². The molecule has 0 aromatic heterocycles. The third kappa shape index (κ3) is 2.76. The summed E-state index contributed by atoms with van der Waals surface area (Å²) >= 11 is 0. The van der Waals surface area contributed by atoms with Crippen LogP contribution in [-0.2, 0) is 14.2 Å². The largest absolute Gasteiger partial charge is 0.352 e. The zero-order valence-electron chi connectivity index (χ0n) is 10.5. The van der Waals surface area contributed by atoms with E-state index in [0.717, 1.165) is 32.3 Å². The lowest BCUT2D eigenvalue weighted by Gasteiger charge is -2.44. The molecule has 0 unspecified atom stereocenters. The van der Waals surface area contributed by atoms with Crippen LogP contribution in [-0.4, -0.2) is 25.3 Å². The monoisotopic (exact) mass is 228 g/mol. The Kier molecular flexibility index (Phi) is 4.62. The van der Waals surface area contributed by atoms with Gasteiger partial charge in [0.15, 0.2) is 12.6 Å². The van der Waals surface area contributed by atoms with E-state index in [9.17, 15) is 0 Å². The summed E-state index contributed by atoms with van der Waals surface area (Å²) in [6.45, 7) is 5.22. The minimum absolute atomic E-state index is 0.00407. The number of fused-ring (bicyclic) bond motifs is 1. The Balaban J connectivity index is 1.97. The standard InChI is InChI=1S/C13H24O3/c1-3-6-11-10-8-5-9-14-13(10)16-12(15-11)7-4-2/h10-13H,3-9H2,1-2H3/t10-,11+,12-,13-/m1/s1. The Morgan fingerprint density at radius 2 is 1.88 bits per heavy atom. The van der Waals surface area contributed by atoms with Gasteiger partial charge < -0.3 is 14.2 Å². The smallest absolute Gasteiger partial charge is 0.165 e. The van der Waals surface area contributed by atoms with Crippen LogP contribution in [0.1, 0.15) is 52.4 Å². The second-order valence-corrected chi connectivity index (χ2v) is 4.86. The van der Waals surface area contributed by atoms with Crippen molar-refractivity contribution in [3.63, 3.8) is 0 Å². The molecule has 4 atom stereocenters. The first kappa shape index (κ1) is 12.3. The van der Waals surface area contributed by atoms with Gasteiger partial charge in [0.2, 0.25) is 0 Å². The molecule has 0 aromatic carbocycles. The summed E-state index contributed by atoms with van der Waals surface area (Å²) in [5.41, 5.74) is 0. The first-order valence-electron chi connectivity index (χ1n) is 6.77. The molecule has 2 fully saturated rings. The van der Waals surface area contributed by atoms with Crippen molar-refractivity contribution < 1.29 is 14.2 Å².